The molecule has 6 nitrogen and oxygen atoms in total. The van der Waals surface area contributed by atoms with Crippen LogP contribution in [-0.2, 0) is 17.8 Å². The predicted molar refractivity (Wildman–Crippen MR) is 146 cm³/mol. The Labute approximate surface area is 216 Å². The Balaban J connectivity index is 1.38. The molecule has 0 aliphatic carbocycles. The molecule has 4 rings (SSSR count). The highest BCUT2D eigenvalue weighted by molar-refractivity contribution is 6.07. The summed E-state index contributed by atoms with van der Waals surface area (Å²) in [4.78, 5) is 22.8. The highest BCUT2D eigenvalue weighted by atomic mass is 16.5. The van der Waals surface area contributed by atoms with Gasteiger partial charge in [-0.1, -0.05) is 66.7 Å². The van der Waals surface area contributed by atoms with Crippen molar-refractivity contribution >= 4 is 35.0 Å². The fourth-order valence-corrected chi connectivity index (χ4v) is 4.39. The summed E-state index contributed by atoms with van der Waals surface area (Å²) in [6.45, 7) is 1.11. The van der Waals surface area contributed by atoms with Crippen LogP contribution in [0, 0.1) is 0 Å². The zero-order valence-electron chi connectivity index (χ0n) is 20.7. The molecule has 1 heterocycles. The average molecular weight is 498 g/mol. The van der Waals surface area contributed by atoms with Crippen LogP contribution < -0.4 is 4.74 Å². The maximum absolute atomic E-state index is 11.9. The third kappa shape index (κ3) is 7.10. The average Bonchev–Trinajstić information content (AvgIpc) is 3.28. The van der Waals surface area contributed by atoms with Crippen molar-refractivity contribution in [3.05, 3.63) is 101 Å². The van der Waals surface area contributed by atoms with Crippen LogP contribution in [0.3, 0.4) is 0 Å². The van der Waals surface area contributed by atoms with E-state index in [2.05, 4.69) is 24.3 Å². The molecule has 6 heteroatoms. The van der Waals surface area contributed by atoms with E-state index in [1.54, 1.807) is 6.20 Å². The number of ether oxygens (including phenoxy) is 1. The van der Waals surface area contributed by atoms with Crippen molar-refractivity contribution < 1.29 is 24.5 Å². The van der Waals surface area contributed by atoms with Gasteiger partial charge in [0.15, 0.2) is 0 Å². The Bertz CT molecular complexity index is 1370. The van der Waals surface area contributed by atoms with Gasteiger partial charge in [0.25, 0.3) is 0 Å². The van der Waals surface area contributed by atoms with Crippen molar-refractivity contribution in [2.45, 2.75) is 38.6 Å². The second kappa shape index (κ2) is 12.6. The number of fused-ring (bicyclic) bond motifs is 1. The summed E-state index contributed by atoms with van der Waals surface area (Å²) >= 11 is 0. The van der Waals surface area contributed by atoms with Crippen molar-refractivity contribution in [1.29, 1.82) is 0 Å². The van der Waals surface area contributed by atoms with Crippen LogP contribution in [0.25, 0.3) is 23.1 Å². The van der Waals surface area contributed by atoms with Gasteiger partial charge < -0.3 is 19.5 Å². The SMILES string of the molecule is O=C(O)CCCn1cc(C(=O)O)c2c(C=Cc3ccc(OCCCCc4ccccc4)cc3)cccc21. The number of carboxylic acid groups (broad SMARTS) is 2. The molecule has 0 saturated heterocycles. The number of hydrogen-bond acceptors (Lipinski definition) is 3. The summed E-state index contributed by atoms with van der Waals surface area (Å²) in [6.07, 6.45) is 9.04. The highest BCUT2D eigenvalue weighted by Gasteiger charge is 2.16. The lowest BCUT2D eigenvalue weighted by molar-refractivity contribution is -0.137. The second-order valence-electron chi connectivity index (χ2n) is 8.97. The van der Waals surface area contributed by atoms with Crippen molar-refractivity contribution in [2.75, 3.05) is 6.61 Å². The number of carboxylic acids is 2. The van der Waals surface area contributed by atoms with Gasteiger partial charge in [-0.15, -0.1) is 0 Å². The normalized spacial score (nSPS) is 11.2. The number of unbranched alkanes of at least 4 members (excludes halogenated alkanes) is 1. The van der Waals surface area contributed by atoms with E-state index in [4.69, 9.17) is 9.84 Å². The second-order valence-corrected chi connectivity index (χ2v) is 8.97. The minimum atomic E-state index is -1.01. The van der Waals surface area contributed by atoms with Gasteiger partial charge >= 0.3 is 11.9 Å². The number of carbonyl (C=O) groups is 2. The zero-order valence-corrected chi connectivity index (χ0v) is 20.7. The molecule has 37 heavy (non-hydrogen) atoms. The first kappa shape index (κ1) is 25.8. The summed E-state index contributed by atoms with van der Waals surface area (Å²) < 4.78 is 7.71. The lowest BCUT2D eigenvalue weighted by atomic mass is 10.0. The molecule has 0 radical (unpaired) electrons. The van der Waals surface area contributed by atoms with Crippen LogP contribution >= 0.6 is 0 Å². The molecule has 2 N–H and O–H groups in total. The number of nitrogens with zero attached hydrogens (tertiary/aromatic N) is 1. The van der Waals surface area contributed by atoms with E-state index in [9.17, 15) is 14.7 Å². The van der Waals surface area contributed by atoms with E-state index in [0.717, 1.165) is 41.7 Å². The molecule has 4 aromatic rings. The van der Waals surface area contributed by atoms with E-state index in [1.807, 2.05) is 65.3 Å². The quantitative estimate of drug-likeness (QED) is 0.157. The molecule has 190 valence electrons. The van der Waals surface area contributed by atoms with Gasteiger partial charge in [0, 0.05) is 30.1 Å². The van der Waals surface area contributed by atoms with Crippen molar-refractivity contribution in [2.24, 2.45) is 0 Å². The number of aromatic carboxylic acids is 1. The molecule has 0 fully saturated rings. The number of benzene rings is 3. The van der Waals surface area contributed by atoms with Crippen LogP contribution in [0.4, 0.5) is 0 Å². The van der Waals surface area contributed by atoms with Gasteiger partial charge in [-0.05, 0) is 60.6 Å². The number of aliphatic carboxylic acids is 1. The number of hydrogen-bond donors (Lipinski definition) is 2. The lowest BCUT2D eigenvalue weighted by Gasteiger charge is -2.07. The molecule has 0 aliphatic rings. The van der Waals surface area contributed by atoms with Gasteiger partial charge in [0.05, 0.1) is 12.2 Å². The first-order valence-corrected chi connectivity index (χ1v) is 12.5. The fraction of sp³-hybridized carbons (Fsp3) is 0.226. The third-order valence-corrected chi connectivity index (χ3v) is 6.27. The maximum Gasteiger partial charge on any atom is 0.337 e. The molecule has 0 saturated carbocycles. The van der Waals surface area contributed by atoms with E-state index in [0.29, 0.717) is 25.0 Å². The van der Waals surface area contributed by atoms with Crippen LogP contribution in [0.15, 0.2) is 79.0 Å². The molecule has 1 aromatic heterocycles. The summed E-state index contributed by atoms with van der Waals surface area (Å²) in [5, 5.41) is 19.3. The number of aryl methyl sites for hydroxylation is 2. The van der Waals surface area contributed by atoms with E-state index in [1.165, 1.54) is 5.56 Å². The van der Waals surface area contributed by atoms with Gasteiger partial charge in [0.1, 0.15) is 5.75 Å². The van der Waals surface area contributed by atoms with Crippen molar-refractivity contribution in [3.8, 4) is 5.75 Å². The van der Waals surface area contributed by atoms with Gasteiger partial charge in [-0.25, -0.2) is 4.79 Å². The molecule has 0 aliphatic heterocycles. The minimum Gasteiger partial charge on any atom is -0.494 e. The topological polar surface area (TPSA) is 88.8 Å². The third-order valence-electron chi connectivity index (χ3n) is 6.27. The summed E-state index contributed by atoms with van der Waals surface area (Å²) in [6, 6.07) is 23.9. The lowest BCUT2D eigenvalue weighted by Crippen LogP contribution is -2.01. The Hall–Kier alpha value is -4.32. The first-order chi connectivity index (χ1) is 18.0. The smallest absolute Gasteiger partial charge is 0.337 e. The summed E-state index contributed by atoms with van der Waals surface area (Å²) in [7, 11) is 0. The fourth-order valence-electron chi connectivity index (χ4n) is 4.39. The minimum absolute atomic E-state index is 0.0368. The van der Waals surface area contributed by atoms with Crippen molar-refractivity contribution in [1.82, 2.24) is 4.57 Å². The molecular formula is C31H31NO5. The summed E-state index contributed by atoms with van der Waals surface area (Å²) in [5.41, 5.74) is 4.11. The summed E-state index contributed by atoms with van der Waals surface area (Å²) in [5.74, 6) is -1.04. The van der Waals surface area contributed by atoms with Crippen LogP contribution in [0.1, 0.15) is 52.7 Å². The van der Waals surface area contributed by atoms with E-state index >= 15 is 0 Å². The Kier molecular flexibility index (Phi) is 8.76. The molecule has 0 spiro atoms. The highest BCUT2D eigenvalue weighted by Crippen LogP contribution is 2.28. The Morgan fingerprint density at radius 3 is 2.35 bits per heavy atom. The number of rotatable bonds is 13. The van der Waals surface area contributed by atoms with Gasteiger partial charge in [0.2, 0.25) is 0 Å². The Morgan fingerprint density at radius 2 is 1.62 bits per heavy atom. The number of aromatic nitrogens is 1. The predicted octanol–water partition coefficient (Wildman–Crippen LogP) is 6.78. The maximum atomic E-state index is 11.9. The molecule has 0 bridgehead atoms. The van der Waals surface area contributed by atoms with Gasteiger partial charge in [-0.3, -0.25) is 4.79 Å². The van der Waals surface area contributed by atoms with Gasteiger partial charge in [-0.2, -0.15) is 0 Å². The molecule has 3 aromatic carbocycles. The first-order valence-electron chi connectivity index (χ1n) is 12.5. The van der Waals surface area contributed by atoms with E-state index < -0.39 is 11.9 Å². The standard InChI is InChI=1S/C31H31NO5/c33-29(34)13-7-20-32-22-27(31(35)36)30-25(11-6-12-28(30)32)17-14-24-15-18-26(19-16-24)37-21-5-4-10-23-8-2-1-3-9-23/h1-3,6,8-9,11-12,14-19,22H,4-5,7,10,13,20-21H2,(H,33,34)(H,35,36). The monoisotopic (exact) mass is 497 g/mol. The molecular weight excluding hydrogens is 466 g/mol. The van der Waals surface area contributed by atoms with Crippen LogP contribution in [-0.4, -0.2) is 33.3 Å². The van der Waals surface area contributed by atoms with Crippen LogP contribution in [0.2, 0.25) is 0 Å². The Morgan fingerprint density at radius 1 is 0.838 bits per heavy atom. The molecule has 0 amide bonds. The van der Waals surface area contributed by atoms with Crippen molar-refractivity contribution in [3.63, 3.8) is 0 Å². The van der Waals surface area contributed by atoms with E-state index in [-0.39, 0.29) is 12.0 Å². The largest absolute Gasteiger partial charge is 0.494 e. The van der Waals surface area contributed by atoms with Crippen LogP contribution in [0.5, 0.6) is 5.75 Å². The zero-order chi connectivity index (χ0) is 26.0. The molecule has 0 unspecified atom stereocenters. The molecule has 0 atom stereocenters.